The first-order valence-corrected chi connectivity index (χ1v) is 7.50. The number of nitrogens with zero attached hydrogens (tertiary/aromatic N) is 4. The second kappa shape index (κ2) is 5.79. The molecule has 0 aromatic carbocycles. The quantitative estimate of drug-likeness (QED) is 0.904. The van der Waals surface area contributed by atoms with Gasteiger partial charge in [0.25, 0.3) is 0 Å². The molecule has 1 N–H and O–H groups in total. The zero-order valence-electron chi connectivity index (χ0n) is 12.3. The minimum Gasteiger partial charge on any atom is -0.353 e. The van der Waals surface area contributed by atoms with Crippen LogP contribution in [0, 0.1) is 5.92 Å². The van der Waals surface area contributed by atoms with Crippen molar-refractivity contribution in [1.82, 2.24) is 19.9 Å². The van der Waals surface area contributed by atoms with Crippen molar-refractivity contribution >= 4 is 11.3 Å². The fourth-order valence-electron chi connectivity index (χ4n) is 2.95. The van der Waals surface area contributed by atoms with E-state index in [1.807, 2.05) is 29.2 Å². The largest absolute Gasteiger partial charge is 0.353 e. The molecule has 0 radical (unpaired) electrons. The standard InChI is InChI=1S/C15H23N5/c1-12(2)10-19(11-13-4-3-6-16-13)15-14-5-7-18-20(14)9-8-17-15/h5,7-9,12-13,16H,3-4,6,10-11H2,1-2H3. The zero-order chi connectivity index (χ0) is 13.9. The molecule has 108 valence electrons. The van der Waals surface area contributed by atoms with Gasteiger partial charge in [-0.25, -0.2) is 9.50 Å². The predicted molar refractivity (Wildman–Crippen MR) is 81.1 cm³/mol. The summed E-state index contributed by atoms with van der Waals surface area (Å²) in [6.07, 6.45) is 8.12. The van der Waals surface area contributed by atoms with Gasteiger partial charge in [0.15, 0.2) is 5.82 Å². The van der Waals surface area contributed by atoms with Crippen LogP contribution in [0.5, 0.6) is 0 Å². The van der Waals surface area contributed by atoms with E-state index in [4.69, 9.17) is 0 Å². The third-order valence-electron chi connectivity index (χ3n) is 3.79. The van der Waals surface area contributed by atoms with Crippen LogP contribution in [0.1, 0.15) is 26.7 Å². The summed E-state index contributed by atoms with van der Waals surface area (Å²) in [5, 5.41) is 7.89. The van der Waals surface area contributed by atoms with Crippen molar-refractivity contribution in [3.63, 3.8) is 0 Å². The summed E-state index contributed by atoms with van der Waals surface area (Å²) in [4.78, 5) is 7.02. The van der Waals surface area contributed by atoms with Crippen molar-refractivity contribution in [3.8, 4) is 0 Å². The average molecular weight is 273 g/mol. The van der Waals surface area contributed by atoms with Gasteiger partial charge in [0, 0.05) is 31.5 Å². The molecule has 5 nitrogen and oxygen atoms in total. The number of rotatable bonds is 5. The highest BCUT2D eigenvalue weighted by Gasteiger charge is 2.21. The van der Waals surface area contributed by atoms with E-state index in [0.717, 1.165) is 31.0 Å². The van der Waals surface area contributed by atoms with E-state index in [-0.39, 0.29) is 0 Å². The van der Waals surface area contributed by atoms with Crippen LogP contribution in [0.25, 0.3) is 5.52 Å². The first-order valence-electron chi connectivity index (χ1n) is 7.50. The Balaban J connectivity index is 1.88. The summed E-state index contributed by atoms with van der Waals surface area (Å²) >= 11 is 0. The summed E-state index contributed by atoms with van der Waals surface area (Å²) in [7, 11) is 0. The number of anilines is 1. The number of hydrogen-bond acceptors (Lipinski definition) is 4. The summed E-state index contributed by atoms with van der Waals surface area (Å²) in [6, 6.07) is 2.62. The molecular formula is C15H23N5. The van der Waals surface area contributed by atoms with Gasteiger partial charge >= 0.3 is 0 Å². The van der Waals surface area contributed by atoms with E-state index in [9.17, 15) is 0 Å². The maximum atomic E-state index is 4.61. The lowest BCUT2D eigenvalue weighted by atomic mass is 10.1. The van der Waals surface area contributed by atoms with E-state index >= 15 is 0 Å². The van der Waals surface area contributed by atoms with Gasteiger partial charge in [-0.15, -0.1) is 0 Å². The Bertz CT molecular complexity index is 556. The van der Waals surface area contributed by atoms with Gasteiger partial charge in [-0.05, 0) is 31.4 Å². The van der Waals surface area contributed by atoms with Crippen molar-refractivity contribution in [2.75, 3.05) is 24.5 Å². The molecule has 2 aromatic heterocycles. The fourth-order valence-corrected chi connectivity index (χ4v) is 2.95. The Hall–Kier alpha value is -1.62. The van der Waals surface area contributed by atoms with Crippen LogP contribution < -0.4 is 10.2 Å². The van der Waals surface area contributed by atoms with Crippen LogP contribution in [-0.4, -0.2) is 40.3 Å². The maximum absolute atomic E-state index is 4.61. The van der Waals surface area contributed by atoms with Crippen LogP contribution in [0.3, 0.4) is 0 Å². The number of hydrogen-bond donors (Lipinski definition) is 1. The molecular weight excluding hydrogens is 250 g/mol. The van der Waals surface area contributed by atoms with E-state index in [0.29, 0.717) is 12.0 Å². The molecule has 2 aromatic rings. The Morgan fingerprint density at radius 2 is 2.35 bits per heavy atom. The van der Waals surface area contributed by atoms with Crippen LogP contribution in [0.2, 0.25) is 0 Å². The summed E-state index contributed by atoms with van der Waals surface area (Å²) in [5.74, 6) is 1.66. The lowest BCUT2D eigenvalue weighted by molar-refractivity contribution is 0.538. The molecule has 1 aliphatic rings. The van der Waals surface area contributed by atoms with Gasteiger partial charge in [0.1, 0.15) is 5.52 Å². The SMILES string of the molecule is CC(C)CN(CC1CCCN1)c1nccn2nccc12. The Labute approximate surface area is 120 Å². The van der Waals surface area contributed by atoms with Gasteiger partial charge in [0.2, 0.25) is 0 Å². The molecule has 0 saturated carbocycles. The van der Waals surface area contributed by atoms with Gasteiger partial charge in [0.05, 0.1) is 6.20 Å². The second-order valence-electron chi connectivity index (χ2n) is 6.00. The molecule has 20 heavy (non-hydrogen) atoms. The summed E-state index contributed by atoms with van der Waals surface area (Å²) in [6.45, 7) is 7.70. The number of fused-ring (bicyclic) bond motifs is 1. The van der Waals surface area contributed by atoms with Gasteiger partial charge in [-0.2, -0.15) is 5.10 Å². The van der Waals surface area contributed by atoms with Crippen molar-refractivity contribution in [1.29, 1.82) is 0 Å². The zero-order valence-corrected chi connectivity index (χ0v) is 12.3. The number of nitrogens with one attached hydrogen (secondary N) is 1. The van der Waals surface area contributed by atoms with Crippen LogP contribution in [-0.2, 0) is 0 Å². The van der Waals surface area contributed by atoms with E-state index in [1.54, 1.807) is 0 Å². The first kappa shape index (κ1) is 13.4. The van der Waals surface area contributed by atoms with E-state index < -0.39 is 0 Å². The number of aromatic nitrogens is 3. The average Bonchev–Trinajstić information content (AvgIpc) is 3.07. The molecule has 5 heteroatoms. The van der Waals surface area contributed by atoms with E-state index in [1.165, 1.54) is 12.8 Å². The van der Waals surface area contributed by atoms with Crippen LogP contribution in [0.4, 0.5) is 5.82 Å². The third-order valence-corrected chi connectivity index (χ3v) is 3.79. The van der Waals surface area contributed by atoms with Gasteiger partial charge < -0.3 is 10.2 Å². The molecule has 0 aliphatic carbocycles. The maximum Gasteiger partial charge on any atom is 0.154 e. The Morgan fingerprint density at radius 1 is 1.45 bits per heavy atom. The summed E-state index contributed by atoms with van der Waals surface area (Å²) < 4.78 is 1.90. The Kier molecular flexibility index (Phi) is 3.87. The smallest absolute Gasteiger partial charge is 0.154 e. The molecule has 0 bridgehead atoms. The lowest BCUT2D eigenvalue weighted by Crippen LogP contribution is -2.40. The molecule has 1 unspecified atom stereocenters. The molecule has 1 saturated heterocycles. The molecule has 0 amide bonds. The molecule has 3 rings (SSSR count). The minimum atomic E-state index is 0.582. The molecule has 1 aliphatic heterocycles. The predicted octanol–water partition coefficient (Wildman–Crippen LogP) is 1.94. The first-order chi connectivity index (χ1) is 9.74. The van der Waals surface area contributed by atoms with Crippen molar-refractivity contribution in [2.45, 2.75) is 32.7 Å². The highest BCUT2D eigenvalue weighted by atomic mass is 15.3. The van der Waals surface area contributed by atoms with Crippen LogP contribution in [0.15, 0.2) is 24.7 Å². The highest BCUT2D eigenvalue weighted by Crippen LogP contribution is 2.21. The lowest BCUT2D eigenvalue weighted by Gasteiger charge is -2.28. The second-order valence-corrected chi connectivity index (χ2v) is 6.00. The highest BCUT2D eigenvalue weighted by molar-refractivity contribution is 5.68. The molecule has 0 spiro atoms. The van der Waals surface area contributed by atoms with Crippen molar-refractivity contribution in [3.05, 3.63) is 24.7 Å². The molecule has 1 fully saturated rings. The summed E-state index contributed by atoms with van der Waals surface area (Å²) in [5.41, 5.74) is 1.09. The van der Waals surface area contributed by atoms with Gasteiger partial charge in [-0.3, -0.25) is 0 Å². The van der Waals surface area contributed by atoms with E-state index in [2.05, 4.69) is 34.1 Å². The minimum absolute atomic E-state index is 0.582. The van der Waals surface area contributed by atoms with Crippen molar-refractivity contribution in [2.24, 2.45) is 5.92 Å². The Morgan fingerprint density at radius 3 is 3.10 bits per heavy atom. The molecule has 3 heterocycles. The van der Waals surface area contributed by atoms with Crippen LogP contribution >= 0.6 is 0 Å². The normalized spacial score (nSPS) is 19.1. The molecule has 1 atom stereocenters. The van der Waals surface area contributed by atoms with Gasteiger partial charge in [-0.1, -0.05) is 13.8 Å². The fraction of sp³-hybridized carbons (Fsp3) is 0.600. The monoisotopic (exact) mass is 273 g/mol. The van der Waals surface area contributed by atoms with Crippen molar-refractivity contribution < 1.29 is 0 Å². The topological polar surface area (TPSA) is 45.5 Å². The third kappa shape index (κ3) is 2.77.